The van der Waals surface area contributed by atoms with Crippen molar-refractivity contribution < 1.29 is 21.9 Å². The van der Waals surface area contributed by atoms with Crippen LogP contribution in [0.15, 0.2) is 36.4 Å². The lowest BCUT2D eigenvalue weighted by atomic mass is 9.93. The third-order valence-corrected chi connectivity index (χ3v) is 10.3. The zero-order chi connectivity index (χ0) is 23.9. The Kier molecular flexibility index (Phi) is 6.73. The number of nitrogens with zero attached hydrogens (tertiary/aromatic N) is 3. The Bertz CT molecular complexity index is 1300. The molecule has 34 heavy (non-hydrogen) atoms. The Balaban J connectivity index is 1.23. The minimum atomic E-state index is -3.10. The van der Waals surface area contributed by atoms with Gasteiger partial charge in [-0.2, -0.15) is 0 Å². The van der Waals surface area contributed by atoms with E-state index in [0.29, 0.717) is 18.3 Å². The Morgan fingerprint density at radius 3 is 2.47 bits per heavy atom. The van der Waals surface area contributed by atoms with E-state index in [1.54, 1.807) is 16.4 Å². The summed E-state index contributed by atoms with van der Waals surface area (Å²) in [4.78, 5) is 10.1. The number of ether oxygens (including phenoxy) is 1. The van der Waals surface area contributed by atoms with Crippen molar-refractivity contribution in [3.8, 4) is 16.5 Å². The Morgan fingerprint density at radius 1 is 1.12 bits per heavy atom. The van der Waals surface area contributed by atoms with Crippen LogP contribution in [-0.2, 0) is 26.9 Å². The molecular weight excluding hydrogens is 494 g/mol. The second-order valence-corrected chi connectivity index (χ2v) is 13.0. The van der Waals surface area contributed by atoms with Crippen molar-refractivity contribution in [2.45, 2.75) is 49.7 Å². The van der Waals surface area contributed by atoms with Gasteiger partial charge in [0.1, 0.15) is 16.5 Å². The summed E-state index contributed by atoms with van der Waals surface area (Å²) in [6, 6.07) is 11.1. The molecule has 5 rings (SSSR count). The molecule has 2 unspecified atom stereocenters. The van der Waals surface area contributed by atoms with Gasteiger partial charge in [0.15, 0.2) is 0 Å². The van der Waals surface area contributed by atoms with Gasteiger partial charge in [-0.05, 0) is 56.2 Å². The molecule has 1 aromatic carbocycles. The maximum Gasteiger partial charge on any atom is 0.276 e. The van der Waals surface area contributed by atoms with Crippen LogP contribution < -0.4 is 4.74 Å². The van der Waals surface area contributed by atoms with Crippen LogP contribution in [0.25, 0.3) is 21.6 Å². The Hall–Kier alpha value is -1.92. The maximum atomic E-state index is 12.5. The molecule has 0 radical (unpaired) electrons. The molecular formula is C23H26N3O5S3-. The lowest BCUT2D eigenvalue weighted by Crippen LogP contribution is -2.43. The quantitative estimate of drug-likeness (QED) is 0.416. The van der Waals surface area contributed by atoms with Gasteiger partial charge >= 0.3 is 0 Å². The van der Waals surface area contributed by atoms with E-state index in [4.69, 9.17) is 9.72 Å². The van der Waals surface area contributed by atoms with Crippen molar-refractivity contribution in [2.24, 2.45) is 5.92 Å². The van der Waals surface area contributed by atoms with E-state index in [1.165, 1.54) is 11.3 Å². The van der Waals surface area contributed by atoms with Gasteiger partial charge < -0.3 is 9.29 Å². The van der Waals surface area contributed by atoms with Gasteiger partial charge in [-0.1, -0.05) is 46.7 Å². The summed E-state index contributed by atoms with van der Waals surface area (Å²) in [5.41, 5.74) is 3.19. The number of hydrogen-bond acceptors (Lipinski definition) is 8. The summed E-state index contributed by atoms with van der Waals surface area (Å²) in [6.45, 7) is 3.15. The van der Waals surface area contributed by atoms with E-state index in [9.17, 15) is 17.2 Å². The maximum absolute atomic E-state index is 12.5. The standard InChI is InChI=1S/C23H27N3O5S3/c1-15(17-10-12-26(13-11-17)34(29,30)19-6-7-19)31-23-25-21-9-8-20(24-22(21)32-23)18-4-2-16(3-5-18)14-33(27)28/h2-5,8-9,15,17,19H,6-7,10-14H2,1H3,(H,27,28)/p-1. The molecule has 3 heterocycles. The van der Waals surface area contributed by atoms with Gasteiger partial charge in [-0.3, -0.25) is 4.21 Å². The molecule has 0 amide bonds. The third kappa shape index (κ3) is 5.18. The molecule has 1 saturated heterocycles. The lowest BCUT2D eigenvalue weighted by molar-refractivity contribution is 0.111. The number of hydrogen-bond donors (Lipinski definition) is 0. The topological polar surface area (TPSA) is 113 Å². The van der Waals surface area contributed by atoms with Crippen LogP contribution in [0.4, 0.5) is 0 Å². The highest BCUT2D eigenvalue weighted by Crippen LogP contribution is 2.35. The van der Waals surface area contributed by atoms with Crippen molar-refractivity contribution in [1.82, 2.24) is 14.3 Å². The molecule has 0 bridgehead atoms. The average molecular weight is 521 g/mol. The van der Waals surface area contributed by atoms with Crippen LogP contribution in [0.1, 0.15) is 38.2 Å². The first-order valence-corrected chi connectivity index (χ1v) is 14.9. The van der Waals surface area contributed by atoms with Crippen molar-refractivity contribution >= 4 is 42.8 Å². The average Bonchev–Trinajstić information content (AvgIpc) is 3.60. The first-order chi connectivity index (χ1) is 16.3. The summed E-state index contributed by atoms with van der Waals surface area (Å²) in [7, 11) is -3.10. The Labute approximate surface area is 205 Å². The van der Waals surface area contributed by atoms with E-state index < -0.39 is 21.1 Å². The van der Waals surface area contributed by atoms with Crippen molar-refractivity contribution in [3.63, 3.8) is 0 Å². The van der Waals surface area contributed by atoms with Crippen molar-refractivity contribution in [2.75, 3.05) is 13.1 Å². The number of fused-ring (bicyclic) bond motifs is 1. The highest BCUT2D eigenvalue weighted by Gasteiger charge is 2.41. The third-order valence-electron chi connectivity index (χ3n) is 6.52. The number of aromatic nitrogens is 2. The molecule has 0 spiro atoms. The van der Waals surface area contributed by atoms with Gasteiger partial charge in [0.25, 0.3) is 5.19 Å². The molecule has 2 fully saturated rings. The predicted molar refractivity (Wildman–Crippen MR) is 132 cm³/mol. The van der Waals surface area contributed by atoms with Crippen LogP contribution in [-0.4, -0.2) is 55.9 Å². The zero-order valence-electron chi connectivity index (χ0n) is 18.8. The minimum absolute atomic E-state index is 0.00414. The number of rotatable bonds is 8. The molecule has 1 aliphatic carbocycles. The van der Waals surface area contributed by atoms with Crippen LogP contribution in [0, 0.1) is 5.92 Å². The summed E-state index contributed by atoms with van der Waals surface area (Å²) < 4.78 is 54.5. The summed E-state index contributed by atoms with van der Waals surface area (Å²) in [5, 5.41) is 0.410. The number of pyridine rings is 1. The predicted octanol–water partition coefficient (Wildman–Crippen LogP) is 3.71. The lowest BCUT2D eigenvalue weighted by Gasteiger charge is -2.33. The molecule has 11 heteroatoms. The van der Waals surface area contributed by atoms with Gasteiger partial charge in [0.2, 0.25) is 10.0 Å². The molecule has 8 nitrogen and oxygen atoms in total. The summed E-state index contributed by atoms with van der Waals surface area (Å²) >= 11 is -0.717. The zero-order valence-corrected chi connectivity index (χ0v) is 21.2. The largest absolute Gasteiger partial charge is 0.772 e. The minimum Gasteiger partial charge on any atom is -0.772 e. The second-order valence-electron chi connectivity index (χ2n) is 8.95. The van der Waals surface area contributed by atoms with Gasteiger partial charge in [-0.25, -0.2) is 22.7 Å². The molecule has 1 saturated carbocycles. The van der Waals surface area contributed by atoms with Crippen molar-refractivity contribution in [3.05, 3.63) is 42.0 Å². The molecule has 1 aliphatic heterocycles. The summed E-state index contributed by atoms with van der Waals surface area (Å²) in [5.74, 6) is 0.277. The fourth-order valence-electron chi connectivity index (χ4n) is 4.35. The first kappa shape index (κ1) is 23.8. The van der Waals surface area contributed by atoms with Crippen LogP contribution in [0.3, 0.4) is 0 Å². The van der Waals surface area contributed by atoms with E-state index >= 15 is 0 Å². The van der Waals surface area contributed by atoms with Crippen LogP contribution in [0.5, 0.6) is 5.19 Å². The second kappa shape index (κ2) is 9.62. The Morgan fingerprint density at radius 2 is 1.82 bits per heavy atom. The van der Waals surface area contributed by atoms with Crippen LogP contribution in [0.2, 0.25) is 0 Å². The monoisotopic (exact) mass is 520 g/mol. The molecule has 3 aromatic rings. The highest BCUT2D eigenvalue weighted by molar-refractivity contribution is 7.90. The van der Waals surface area contributed by atoms with E-state index in [1.807, 2.05) is 31.2 Å². The fourth-order valence-corrected chi connectivity index (χ4v) is 7.56. The van der Waals surface area contributed by atoms with E-state index in [0.717, 1.165) is 52.9 Å². The molecule has 182 valence electrons. The number of sulfonamides is 1. The van der Waals surface area contributed by atoms with Gasteiger partial charge in [0.05, 0.1) is 10.9 Å². The van der Waals surface area contributed by atoms with Gasteiger partial charge in [0, 0.05) is 24.4 Å². The summed E-state index contributed by atoms with van der Waals surface area (Å²) in [6.07, 6.45) is 3.10. The smallest absolute Gasteiger partial charge is 0.276 e. The van der Waals surface area contributed by atoms with Crippen molar-refractivity contribution in [1.29, 1.82) is 0 Å². The van der Waals surface area contributed by atoms with Crippen LogP contribution >= 0.6 is 11.3 Å². The molecule has 2 aliphatic rings. The molecule has 2 atom stereocenters. The number of benzene rings is 1. The fraction of sp³-hybridized carbons (Fsp3) is 0.478. The molecule has 2 aromatic heterocycles. The highest BCUT2D eigenvalue weighted by atomic mass is 32.2. The number of thiazole rings is 1. The SMILES string of the molecule is CC(Oc1nc2ccc(-c3ccc(CS(=O)[O-])cc3)nc2s1)C1CCN(S(=O)(=O)C2CC2)CC1. The number of piperidine rings is 1. The molecule has 0 N–H and O–H groups in total. The normalized spacial score (nSPS) is 19.8. The first-order valence-electron chi connectivity index (χ1n) is 11.4. The van der Waals surface area contributed by atoms with E-state index in [2.05, 4.69) is 4.98 Å². The van der Waals surface area contributed by atoms with Gasteiger partial charge in [-0.15, -0.1) is 0 Å². The van der Waals surface area contributed by atoms with E-state index in [-0.39, 0.29) is 23.0 Å².